The van der Waals surface area contributed by atoms with E-state index in [0.29, 0.717) is 12.1 Å². The van der Waals surface area contributed by atoms with Crippen LogP contribution in [0, 0.1) is 17.5 Å². The summed E-state index contributed by atoms with van der Waals surface area (Å²) in [6, 6.07) is 1.24. The molecule has 2 aromatic rings. The average molecular weight is 386 g/mol. The lowest BCUT2D eigenvalue weighted by atomic mass is 10.3. The van der Waals surface area contributed by atoms with E-state index in [2.05, 4.69) is 9.97 Å². The van der Waals surface area contributed by atoms with Gasteiger partial charge >= 0.3 is 0 Å². The van der Waals surface area contributed by atoms with Crippen LogP contribution >= 0.6 is 0 Å². The maximum absolute atomic E-state index is 13.8. The largest absolute Gasteiger partial charge is 0.335 e. The number of halogens is 3. The van der Waals surface area contributed by atoms with Crippen LogP contribution in [0.5, 0.6) is 0 Å². The SMILES string of the molecule is O=C(c1cnccn1)N1CCN(S(=O)(=O)c2ccc(F)c(F)c2F)CC1. The van der Waals surface area contributed by atoms with E-state index in [9.17, 15) is 26.4 Å². The molecule has 7 nitrogen and oxygen atoms in total. The van der Waals surface area contributed by atoms with Gasteiger partial charge in [0, 0.05) is 38.6 Å². The maximum atomic E-state index is 13.8. The molecule has 1 aromatic carbocycles. The van der Waals surface area contributed by atoms with E-state index in [1.807, 2.05) is 0 Å². The van der Waals surface area contributed by atoms with E-state index in [1.165, 1.54) is 23.5 Å². The minimum absolute atomic E-state index is 0.0416. The van der Waals surface area contributed by atoms with Crippen molar-refractivity contribution >= 4 is 15.9 Å². The summed E-state index contributed by atoms with van der Waals surface area (Å²) >= 11 is 0. The Kier molecular flexibility index (Phi) is 4.92. The third-order valence-electron chi connectivity index (χ3n) is 3.93. The molecule has 1 amide bonds. The molecule has 1 aliphatic rings. The smallest absolute Gasteiger partial charge is 0.274 e. The summed E-state index contributed by atoms with van der Waals surface area (Å²) in [5.41, 5.74) is 0.121. The zero-order valence-corrected chi connectivity index (χ0v) is 14.1. The van der Waals surface area contributed by atoms with Gasteiger partial charge < -0.3 is 4.90 Å². The number of piperazine rings is 1. The average Bonchev–Trinajstić information content (AvgIpc) is 2.66. The molecular formula is C15H13F3N4O3S. The zero-order chi connectivity index (χ0) is 18.9. The first-order chi connectivity index (χ1) is 12.3. The number of hydrogen-bond donors (Lipinski definition) is 0. The topological polar surface area (TPSA) is 83.5 Å². The van der Waals surface area contributed by atoms with Crippen LogP contribution in [-0.4, -0.2) is 59.7 Å². The number of hydrogen-bond acceptors (Lipinski definition) is 5. The second-order valence-electron chi connectivity index (χ2n) is 5.46. The summed E-state index contributed by atoms with van der Waals surface area (Å²) in [6.45, 7) is -0.153. The second-order valence-corrected chi connectivity index (χ2v) is 7.37. The lowest BCUT2D eigenvalue weighted by molar-refractivity contribution is 0.0691. The minimum atomic E-state index is -4.36. The van der Waals surface area contributed by atoms with E-state index in [0.717, 1.165) is 4.31 Å². The summed E-state index contributed by atoms with van der Waals surface area (Å²) in [5.74, 6) is -5.49. The number of amides is 1. The Morgan fingerprint density at radius 1 is 1.00 bits per heavy atom. The van der Waals surface area contributed by atoms with Crippen LogP contribution in [0.1, 0.15) is 10.5 Å². The van der Waals surface area contributed by atoms with Crippen LogP contribution in [0.3, 0.4) is 0 Å². The van der Waals surface area contributed by atoms with E-state index in [1.54, 1.807) is 0 Å². The number of rotatable bonds is 3. The van der Waals surface area contributed by atoms with Crippen molar-refractivity contribution in [1.82, 2.24) is 19.2 Å². The van der Waals surface area contributed by atoms with Crippen molar-refractivity contribution in [1.29, 1.82) is 0 Å². The number of aromatic nitrogens is 2. The Morgan fingerprint density at radius 3 is 2.31 bits per heavy atom. The van der Waals surface area contributed by atoms with Crippen LogP contribution in [0.25, 0.3) is 0 Å². The second kappa shape index (κ2) is 7.00. The molecule has 3 rings (SSSR count). The van der Waals surface area contributed by atoms with E-state index in [-0.39, 0.29) is 31.9 Å². The summed E-state index contributed by atoms with van der Waals surface area (Å²) in [6.07, 6.45) is 4.07. The van der Waals surface area contributed by atoms with E-state index < -0.39 is 38.3 Å². The number of carbonyl (C=O) groups is 1. The lowest BCUT2D eigenvalue weighted by Crippen LogP contribution is -2.50. The summed E-state index contributed by atoms with van der Waals surface area (Å²) < 4.78 is 66.1. The van der Waals surface area contributed by atoms with Gasteiger partial charge in [-0.2, -0.15) is 4.31 Å². The lowest BCUT2D eigenvalue weighted by Gasteiger charge is -2.33. The highest BCUT2D eigenvalue weighted by molar-refractivity contribution is 7.89. The van der Waals surface area contributed by atoms with Crippen molar-refractivity contribution in [2.45, 2.75) is 4.90 Å². The first kappa shape index (κ1) is 18.3. The highest BCUT2D eigenvalue weighted by Crippen LogP contribution is 2.24. The van der Waals surface area contributed by atoms with Crippen LogP contribution in [0.2, 0.25) is 0 Å². The summed E-state index contributed by atoms with van der Waals surface area (Å²) in [4.78, 5) is 20.4. The Morgan fingerprint density at radius 2 is 1.69 bits per heavy atom. The number of nitrogens with zero attached hydrogens (tertiary/aromatic N) is 4. The standard InChI is InChI=1S/C15H13F3N4O3S/c16-10-1-2-12(14(18)13(10)17)26(24,25)22-7-5-21(6-8-22)15(23)11-9-19-3-4-20-11/h1-4,9H,5-8H2. The molecule has 0 spiro atoms. The van der Waals surface area contributed by atoms with Crippen molar-refractivity contribution in [3.8, 4) is 0 Å². The third kappa shape index (κ3) is 3.27. The van der Waals surface area contributed by atoms with Gasteiger partial charge in [0.2, 0.25) is 10.0 Å². The molecule has 1 aromatic heterocycles. The summed E-state index contributed by atoms with van der Waals surface area (Å²) in [7, 11) is -4.36. The van der Waals surface area contributed by atoms with Crippen molar-refractivity contribution in [2.24, 2.45) is 0 Å². The highest BCUT2D eigenvalue weighted by atomic mass is 32.2. The molecule has 11 heteroatoms. The van der Waals surface area contributed by atoms with Crippen LogP contribution in [-0.2, 0) is 10.0 Å². The van der Waals surface area contributed by atoms with Gasteiger partial charge in [0.15, 0.2) is 17.5 Å². The Hall–Kier alpha value is -2.53. The molecule has 26 heavy (non-hydrogen) atoms. The van der Waals surface area contributed by atoms with Gasteiger partial charge in [-0.25, -0.2) is 26.6 Å². The van der Waals surface area contributed by atoms with E-state index in [4.69, 9.17) is 0 Å². The molecule has 0 aliphatic carbocycles. The Balaban J connectivity index is 1.75. The molecule has 0 unspecified atom stereocenters. The Bertz CT molecular complexity index is 933. The maximum Gasteiger partial charge on any atom is 0.274 e. The molecule has 138 valence electrons. The molecule has 1 aliphatic heterocycles. The van der Waals surface area contributed by atoms with Gasteiger partial charge in [-0.3, -0.25) is 9.78 Å². The van der Waals surface area contributed by atoms with Crippen molar-refractivity contribution < 1.29 is 26.4 Å². The quantitative estimate of drug-likeness (QED) is 0.736. The predicted octanol–water partition coefficient (Wildman–Crippen LogP) is 1.04. The first-order valence-electron chi connectivity index (χ1n) is 7.51. The van der Waals surface area contributed by atoms with Crippen molar-refractivity contribution in [2.75, 3.05) is 26.2 Å². The van der Waals surface area contributed by atoms with Crippen LogP contribution < -0.4 is 0 Å². The first-order valence-corrected chi connectivity index (χ1v) is 8.95. The van der Waals surface area contributed by atoms with Gasteiger partial charge in [-0.1, -0.05) is 0 Å². The number of sulfonamides is 1. The fourth-order valence-corrected chi connectivity index (χ4v) is 4.03. The fraction of sp³-hybridized carbons (Fsp3) is 0.267. The number of benzene rings is 1. The van der Waals surface area contributed by atoms with Crippen molar-refractivity contribution in [3.63, 3.8) is 0 Å². The Labute approximate surface area is 147 Å². The van der Waals surface area contributed by atoms with Gasteiger partial charge in [0.1, 0.15) is 10.6 Å². The normalized spacial score (nSPS) is 15.9. The van der Waals surface area contributed by atoms with Crippen LogP contribution in [0.15, 0.2) is 35.6 Å². The third-order valence-corrected chi connectivity index (χ3v) is 5.84. The van der Waals surface area contributed by atoms with Gasteiger partial charge in [-0.15, -0.1) is 0 Å². The molecule has 1 saturated heterocycles. The fourth-order valence-electron chi connectivity index (χ4n) is 2.55. The highest BCUT2D eigenvalue weighted by Gasteiger charge is 2.33. The van der Waals surface area contributed by atoms with Crippen molar-refractivity contribution in [3.05, 3.63) is 53.9 Å². The van der Waals surface area contributed by atoms with Crippen LogP contribution in [0.4, 0.5) is 13.2 Å². The molecule has 1 fully saturated rings. The van der Waals surface area contributed by atoms with Gasteiger partial charge in [0.05, 0.1) is 6.20 Å². The molecule has 0 atom stereocenters. The molecule has 0 N–H and O–H groups in total. The molecule has 0 bridgehead atoms. The molecule has 0 saturated carbocycles. The number of carbonyl (C=O) groups excluding carboxylic acids is 1. The van der Waals surface area contributed by atoms with E-state index >= 15 is 0 Å². The minimum Gasteiger partial charge on any atom is -0.335 e. The predicted molar refractivity (Wildman–Crippen MR) is 83.0 cm³/mol. The molecule has 0 radical (unpaired) electrons. The van der Waals surface area contributed by atoms with Gasteiger partial charge in [-0.05, 0) is 12.1 Å². The molecule has 2 heterocycles. The monoisotopic (exact) mass is 386 g/mol. The van der Waals surface area contributed by atoms with Gasteiger partial charge in [0.25, 0.3) is 5.91 Å². The zero-order valence-electron chi connectivity index (χ0n) is 13.3. The summed E-state index contributed by atoms with van der Waals surface area (Å²) in [5, 5.41) is 0. The molecular weight excluding hydrogens is 373 g/mol.